The molecule has 0 saturated carbocycles. The topological polar surface area (TPSA) is 73.5 Å². The summed E-state index contributed by atoms with van der Waals surface area (Å²) in [6.45, 7) is 5.15. The number of aromatic nitrogens is 5. The first-order chi connectivity index (χ1) is 19.1. The third-order valence-electron chi connectivity index (χ3n) is 7.66. The Morgan fingerprint density at radius 1 is 0.821 bits per heavy atom. The van der Waals surface area contributed by atoms with E-state index < -0.39 is 0 Å². The molecule has 1 aliphatic heterocycles. The van der Waals surface area contributed by atoms with Crippen molar-refractivity contribution in [3.8, 4) is 33.8 Å². The average molecular weight is 517 g/mol. The van der Waals surface area contributed by atoms with Crippen LogP contribution in [0, 0.1) is 12.7 Å². The molecule has 0 bridgehead atoms. The molecule has 0 amide bonds. The van der Waals surface area contributed by atoms with Gasteiger partial charge in [-0.1, -0.05) is 12.5 Å². The highest BCUT2D eigenvalue weighted by Crippen LogP contribution is 2.35. The summed E-state index contributed by atoms with van der Waals surface area (Å²) < 4.78 is 14.2. The summed E-state index contributed by atoms with van der Waals surface area (Å²) >= 11 is 0. The van der Waals surface area contributed by atoms with E-state index in [1.165, 1.54) is 37.0 Å². The number of benzene rings is 2. The average Bonchev–Trinajstić information content (AvgIpc) is 3.57. The van der Waals surface area contributed by atoms with Crippen LogP contribution in [0.25, 0.3) is 55.6 Å². The molecule has 5 heterocycles. The number of likely N-dealkylation sites (tertiary alicyclic amines) is 1. The van der Waals surface area contributed by atoms with Gasteiger partial charge in [0.15, 0.2) is 0 Å². The molecule has 1 fully saturated rings. The van der Waals surface area contributed by atoms with Gasteiger partial charge >= 0.3 is 0 Å². The molecule has 2 N–H and O–H groups in total. The Morgan fingerprint density at radius 3 is 2.56 bits per heavy atom. The Balaban J connectivity index is 1.26. The van der Waals surface area contributed by atoms with Gasteiger partial charge in [-0.15, -0.1) is 0 Å². The van der Waals surface area contributed by atoms with Crippen LogP contribution in [0.1, 0.15) is 30.4 Å². The van der Waals surface area contributed by atoms with Gasteiger partial charge in [-0.25, -0.2) is 4.39 Å². The first kappa shape index (κ1) is 23.7. The monoisotopic (exact) mass is 516 g/mol. The molecule has 194 valence electrons. The lowest BCUT2D eigenvalue weighted by Crippen LogP contribution is -2.29. The lowest BCUT2D eigenvalue weighted by atomic mass is 10.0. The summed E-state index contributed by atoms with van der Waals surface area (Å²) in [5, 5.41) is 9.80. The second kappa shape index (κ2) is 9.75. The van der Waals surface area contributed by atoms with Gasteiger partial charge in [0.25, 0.3) is 0 Å². The number of piperidine rings is 1. The van der Waals surface area contributed by atoms with Crippen LogP contribution in [0.3, 0.4) is 0 Å². The van der Waals surface area contributed by atoms with Crippen molar-refractivity contribution in [3.63, 3.8) is 0 Å². The number of aromatic amines is 2. The van der Waals surface area contributed by atoms with Crippen molar-refractivity contribution < 1.29 is 4.39 Å². The first-order valence-electron chi connectivity index (χ1n) is 13.5. The van der Waals surface area contributed by atoms with Crippen LogP contribution in [-0.4, -0.2) is 43.1 Å². The summed E-state index contributed by atoms with van der Waals surface area (Å²) in [4.78, 5) is 15.2. The number of rotatable bonds is 5. The van der Waals surface area contributed by atoms with Crippen LogP contribution in [0.15, 0.2) is 73.2 Å². The number of fused-ring (bicyclic) bond motifs is 2. The van der Waals surface area contributed by atoms with Gasteiger partial charge in [-0.05, 0) is 98.1 Å². The quantitative estimate of drug-likeness (QED) is 0.253. The van der Waals surface area contributed by atoms with E-state index in [0.717, 1.165) is 80.8 Å². The number of hydrogen-bond acceptors (Lipinski definition) is 4. The molecule has 0 spiro atoms. The third kappa shape index (κ3) is 4.59. The Hall–Kier alpha value is -4.36. The number of pyridine rings is 2. The van der Waals surface area contributed by atoms with Crippen molar-refractivity contribution in [3.05, 3.63) is 90.1 Å². The Kier molecular flexibility index (Phi) is 5.93. The molecular formula is C32H29FN6. The number of hydrogen-bond donors (Lipinski definition) is 2. The molecule has 0 atom stereocenters. The van der Waals surface area contributed by atoms with E-state index in [1.54, 1.807) is 6.20 Å². The predicted octanol–water partition coefficient (Wildman–Crippen LogP) is 7.27. The molecule has 1 aliphatic rings. The number of halogens is 1. The van der Waals surface area contributed by atoms with Gasteiger partial charge in [0.2, 0.25) is 0 Å². The Labute approximate surface area is 225 Å². The summed E-state index contributed by atoms with van der Waals surface area (Å²) in [5.41, 5.74) is 9.42. The molecule has 39 heavy (non-hydrogen) atoms. The molecular weight excluding hydrogens is 487 g/mol. The maximum Gasteiger partial charge on any atom is 0.124 e. The van der Waals surface area contributed by atoms with Gasteiger partial charge < -0.3 is 4.98 Å². The summed E-state index contributed by atoms with van der Waals surface area (Å²) in [6.07, 6.45) is 9.56. The van der Waals surface area contributed by atoms with E-state index in [4.69, 9.17) is 0 Å². The lowest BCUT2D eigenvalue weighted by Gasteiger charge is -2.26. The molecule has 0 radical (unpaired) electrons. The van der Waals surface area contributed by atoms with Crippen LogP contribution < -0.4 is 0 Å². The lowest BCUT2D eigenvalue weighted by molar-refractivity contribution is 0.220. The fraction of sp³-hybridized carbons (Fsp3) is 0.219. The molecule has 1 saturated heterocycles. The highest BCUT2D eigenvalue weighted by Gasteiger charge is 2.16. The van der Waals surface area contributed by atoms with Gasteiger partial charge in [0.05, 0.1) is 16.9 Å². The highest BCUT2D eigenvalue weighted by atomic mass is 19.1. The van der Waals surface area contributed by atoms with Crippen LogP contribution in [0.4, 0.5) is 4.39 Å². The van der Waals surface area contributed by atoms with Crippen LogP contribution in [0.5, 0.6) is 0 Å². The Bertz CT molecular complexity index is 1790. The van der Waals surface area contributed by atoms with Crippen LogP contribution >= 0.6 is 0 Å². The third-order valence-corrected chi connectivity index (χ3v) is 7.66. The zero-order valence-electron chi connectivity index (χ0n) is 21.8. The van der Waals surface area contributed by atoms with E-state index in [9.17, 15) is 4.39 Å². The second-order valence-corrected chi connectivity index (χ2v) is 10.6. The molecule has 2 aromatic carbocycles. The van der Waals surface area contributed by atoms with Gasteiger partial charge in [0.1, 0.15) is 11.5 Å². The standard InChI is InChI=1S/C32H29FN6/c1-20-11-23(14-25(33)12-20)31-27-16-30(36-28(27)7-8-35-31)32-26-15-22(5-6-29(26)37-38-32)24-13-21(17-34-18-24)19-39-9-3-2-4-10-39/h5-8,11-18,36H,2-4,9-10,19H2,1H3,(H,37,38). The van der Waals surface area contributed by atoms with E-state index in [2.05, 4.69) is 60.4 Å². The Morgan fingerprint density at radius 2 is 1.69 bits per heavy atom. The minimum absolute atomic E-state index is 0.264. The maximum atomic E-state index is 14.2. The van der Waals surface area contributed by atoms with E-state index >= 15 is 0 Å². The first-order valence-corrected chi connectivity index (χ1v) is 13.5. The minimum Gasteiger partial charge on any atom is -0.353 e. The largest absolute Gasteiger partial charge is 0.353 e. The highest BCUT2D eigenvalue weighted by molar-refractivity contribution is 6.00. The fourth-order valence-corrected chi connectivity index (χ4v) is 5.79. The van der Waals surface area contributed by atoms with E-state index in [0.29, 0.717) is 0 Å². The fourth-order valence-electron chi connectivity index (χ4n) is 5.79. The number of H-pyrrole nitrogens is 2. The number of nitrogens with one attached hydrogen (secondary N) is 2. The van der Waals surface area contributed by atoms with Gasteiger partial charge in [0, 0.05) is 52.6 Å². The minimum atomic E-state index is -0.264. The van der Waals surface area contributed by atoms with Gasteiger partial charge in [-0.2, -0.15) is 5.10 Å². The summed E-state index contributed by atoms with van der Waals surface area (Å²) in [7, 11) is 0. The number of nitrogens with zero attached hydrogens (tertiary/aromatic N) is 4. The molecule has 0 aliphatic carbocycles. The molecule has 4 aromatic heterocycles. The van der Waals surface area contributed by atoms with Crippen LogP contribution in [0.2, 0.25) is 0 Å². The zero-order chi connectivity index (χ0) is 26.3. The SMILES string of the molecule is Cc1cc(F)cc(-c2nccc3[nH]c(-c4n[nH]c5ccc(-c6cncc(CN7CCCCC7)c6)cc45)cc23)c1. The van der Waals surface area contributed by atoms with Gasteiger partial charge in [-0.3, -0.25) is 20.0 Å². The second-order valence-electron chi connectivity index (χ2n) is 10.6. The van der Waals surface area contributed by atoms with Crippen LogP contribution in [-0.2, 0) is 6.54 Å². The molecule has 6 nitrogen and oxygen atoms in total. The molecule has 0 unspecified atom stereocenters. The van der Waals surface area contributed by atoms with Crippen molar-refractivity contribution in [2.45, 2.75) is 32.7 Å². The number of aryl methyl sites for hydroxylation is 1. The van der Waals surface area contributed by atoms with Crippen molar-refractivity contribution in [1.29, 1.82) is 0 Å². The van der Waals surface area contributed by atoms with Crippen molar-refractivity contribution in [1.82, 2.24) is 30.0 Å². The van der Waals surface area contributed by atoms with Crippen molar-refractivity contribution in [2.24, 2.45) is 0 Å². The zero-order valence-corrected chi connectivity index (χ0v) is 21.8. The summed E-state index contributed by atoms with van der Waals surface area (Å²) in [6, 6.07) is 17.6. The van der Waals surface area contributed by atoms with Crippen molar-refractivity contribution in [2.75, 3.05) is 13.1 Å². The normalized spacial score (nSPS) is 14.4. The molecule has 7 heteroatoms. The summed E-state index contributed by atoms with van der Waals surface area (Å²) in [5.74, 6) is -0.264. The maximum absolute atomic E-state index is 14.2. The van der Waals surface area contributed by atoms with Crippen molar-refractivity contribution >= 4 is 21.8 Å². The molecule has 7 rings (SSSR count). The van der Waals surface area contributed by atoms with E-state index in [-0.39, 0.29) is 5.82 Å². The van der Waals surface area contributed by atoms with E-state index in [1.807, 2.05) is 31.5 Å². The smallest absolute Gasteiger partial charge is 0.124 e. The predicted molar refractivity (Wildman–Crippen MR) is 154 cm³/mol. The molecule has 6 aromatic rings.